The van der Waals surface area contributed by atoms with Gasteiger partial charge in [-0.15, -0.1) is 16.9 Å². The molecule has 1 aromatic heterocycles. The third kappa shape index (κ3) is 3.80. The van der Waals surface area contributed by atoms with E-state index in [1.54, 1.807) is 36.0 Å². The fourth-order valence-corrected chi connectivity index (χ4v) is 3.08. The van der Waals surface area contributed by atoms with Crippen LogP contribution >= 0.6 is 11.8 Å². The Morgan fingerprint density at radius 3 is 2.54 bits per heavy atom. The third-order valence-electron chi connectivity index (χ3n) is 3.24. The van der Waals surface area contributed by atoms with E-state index in [0.717, 1.165) is 16.3 Å². The second-order valence-corrected chi connectivity index (χ2v) is 7.04. The van der Waals surface area contributed by atoms with Gasteiger partial charge >= 0.3 is 0 Å². The molecule has 0 aliphatic heterocycles. The molecule has 0 saturated heterocycles. The quantitative estimate of drug-likeness (QED) is 0.721. The molecule has 3 rings (SSSR count). The zero-order chi connectivity index (χ0) is 16.9. The second kappa shape index (κ2) is 7.27. The Morgan fingerprint density at radius 2 is 1.88 bits per heavy atom. The summed E-state index contributed by atoms with van der Waals surface area (Å²) >= 11 is 1.72. The van der Waals surface area contributed by atoms with E-state index >= 15 is 0 Å². The molecule has 0 radical (unpaired) electrons. The van der Waals surface area contributed by atoms with Gasteiger partial charge in [0.25, 0.3) is 5.91 Å². The van der Waals surface area contributed by atoms with E-state index in [2.05, 4.69) is 34.7 Å². The maximum Gasteiger partial charge on any atom is 0.255 e. The van der Waals surface area contributed by atoms with Gasteiger partial charge in [0.15, 0.2) is 0 Å². The molecule has 0 aliphatic carbocycles. The van der Waals surface area contributed by atoms with E-state index in [0.29, 0.717) is 10.8 Å². The number of benzene rings is 2. The summed E-state index contributed by atoms with van der Waals surface area (Å²) in [4.78, 5) is 13.5. The van der Waals surface area contributed by atoms with Crippen molar-refractivity contribution in [3.63, 3.8) is 0 Å². The number of carbonyl (C=O) groups is 1. The topological polar surface area (TPSA) is 72.7 Å². The van der Waals surface area contributed by atoms with Crippen LogP contribution in [0.25, 0.3) is 5.69 Å². The highest BCUT2D eigenvalue weighted by atomic mass is 32.2. The van der Waals surface area contributed by atoms with Crippen molar-refractivity contribution in [1.82, 2.24) is 20.2 Å². The number of aromatic nitrogens is 4. The highest BCUT2D eigenvalue weighted by Gasteiger charge is 2.10. The van der Waals surface area contributed by atoms with E-state index in [1.807, 2.05) is 24.3 Å². The molecule has 0 aliphatic rings. The summed E-state index contributed by atoms with van der Waals surface area (Å²) in [6.07, 6.45) is 1.51. The van der Waals surface area contributed by atoms with Gasteiger partial charge in [-0.1, -0.05) is 26.0 Å². The van der Waals surface area contributed by atoms with Crippen LogP contribution in [0.1, 0.15) is 24.2 Å². The Kier molecular flexibility index (Phi) is 4.90. The lowest BCUT2D eigenvalue weighted by molar-refractivity contribution is 0.102. The number of tetrazole rings is 1. The largest absolute Gasteiger partial charge is 0.321 e. The van der Waals surface area contributed by atoms with Crippen LogP contribution in [0.3, 0.4) is 0 Å². The van der Waals surface area contributed by atoms with E-state index in [-0.39, 0.29) is 5.91 Å². The molecule has 0 fully saturated rings. The second-order valence-electron chi connectivity index (χ2n) is 5.42. The number of hydrogen-bond donors (Lipinski definition) is 1. The van der Waals surface area contributed by atoms with Crippen LogP contribution in [-0.2, 0) is 0 Å². The van der Waals surface area contributed by atoms with E-state index in [4.69, 9.17) is 0 Å². The third-order valence-corrected chi connectivity index (χ3v) is 4.32. The van der Waals surface area contributed by atoms with Crippen molar-refractivity contribution in [3.05, 3.63) is 60.4 Å². The van der Waals surface area contributed by atoms with Gasteiger partial charge in [0.1, 0.15) is 6.33 Å². The first-order valence-electron chi connectivity index (χ1n) is 7.54. The van der Waals surface area contributed by atoms with Crippen LogP contribution < -0.4 is 5.32 Å². The van der Waals surface area contributed by atoms with Crippen molar-refractivity contribution in [2.75, 3.05) is 5.32 Å². The van der Waals surface area contributed by atoms with Gasteiger partial charge < -0.3 is 5.32 Å². The maximum atomic E-state index is 12.5. The minimum Gasteiger partial charge on any atom is -0.321 e. The van der Waals surface area contributed by atoms with Gasteiger partial charge in [0, 0.05) is 15.7 Å². The van der Waals surface area contributed by atoms with Gasteiger partial charge in [-0.2, -0.15) is 0 Å². The molecule has 0 atom stereocenters. The number of para-hydroxylation sites is 1. The summed E-state index contributed by atoms with van der Waals surface area (Å²) in [5.41, 5.74) is 2.20. The molecule has 3 aromatic rings. The molecule has 1 heterocycles. The van der Waals surface area contributed by atoms with Crippen LogP contribution in [0.15, 0.2) is 59.8 Å². The normalized spacial score (nSPS) is 10.8. The Labute approximate surface area is 144 Å². The molecule has 2 aromatic carbocycles. The molecule has 1 amide bonds. The molecule has 0 unspecified atom stereocenters. The molecule has 0 bridgehead atoms. The van der Waals surface area contributed by atoms with Crippen molar-refractivity contribution in [1.29, 1.82) is 0 Å². The van der Waals surface area contributed by atoms with E-state index < -0.39 is 0 Å². The van der Waals surface area contributed by atoms with Crippen molar-refractivity contribution >= 4 is 23.4 Å². The molecular formula is C17H17N5OS. The zero-order valence-electron chi connectivity index (χ0n) is 13.4. The average molecular weight is 339 g/mol. The van der Waals surface area contributed by atoms with Gasteiger partial charge in [0.05, 0.1) is 11.4 Å². The molecule has 0 saturated carbocycles. The molecule has 1 N–H and O–H groups in total. The predicted octanol–water partition coefficient (Wildman–Crippen LogP) is 3.42. The minimum atomic E-state index is -0.143. The van der Waals surface area contributed by atoms with Crippen molar-refractivity contribution in [2.24, 2.45) is 0 Å². The summed E-state index contributed by atoms with van der Waals surface area (Å²) in [5, 5.41) is 14.4. The van der Waals surface area contributed by atoms with Crippen LogP contribution in [0.5, 0.6) is 0 Å². The van der Waals surface area contributed by atoms with Gasteiger partial charge in [-0.3, -0.25) is 4.79 Å². The maximum absolute atomic E-state index is 12.5. The number of carbonyl (C=O) groups excluding carboxylic acids is 1. The lowest BCUT2D eigenvalue weighted by atomic mass is 10.2. The first-order valence-corrected chi connectivity index (χ1v) is 8.42. The first-order chi connectivity index (χ1) is 11.6. The molecule has 122 valence electrons. The summed E-state index contributed by atoms with van der Waals surface area (Å²) in [7, 11) is 0. The Morgan fingerprint density at radius 1 is 1.12 bits per heavy atom. The van der Waals surface area contributed by atoms with Crippen LogP contribution in [0.2, 0.25) is 0 Å². The van der Waals surface area contributed by atoms with Crippen molar-refractivity contribution in [2.45, 2.75) is 24.0 Å². The lowest BCUT2D eigenvalue weighted by Gasteiger charge is -2.12. The van der Waals surface area contributed by atoms with Gasteiger partial charge in [-0.05, 0) is 46.8 Å². The number of nitrogens with zero attached hydrogens (tertiary/aromatic N) is 4. The lowest BCUT2D eigenvalue weighted by Crippen LogP contribution is -2.12. The SMILES string of the molecule is CC(C)Sc1ccccc1NC(=O)c1ccc(-n2cnnn2)cc1. The highest BCUT2D eigenvalue weighted by Crippen LogP contribution is 2.30. The van der Waals surface area contributed by atoms with E-state index in [9.17, 15) is 4.79 Å². The number of nitrogens with one attached hydrogen (secondary N) is 1. The van der Waals surface area contributed by atoms with Crippen LogP contribution in [0.4, 0.5) is 5.69 Å². The van der Waals surface area contributed by atoms with E-state index in [1.165, 1.54) is 11.0 Å². The molecule has 0 spiro atoms. The van der Waals surface area contributed by atoms with Crippen molar-refractivity contribution in [3.8, 4) is 5.69 Å². The number of amides is 1. The standard InChI is InChI=1S/C17H17N5OS/c1-12(2)24-16-6-4-3-5-15(16)19-17(23)13-7-9-14(10-8-13)22-11-18-20-21-22/h3-12H,1-2H3,(H,19,23). The molecule has 24 heavy (non-hydrogen) atoms. The van der Waals surface area contributed by atoms with Crippen LogP contribution in [-0.4, -0.2) is 31.4 Å². The zero-order valence-corrected chi connectivity index (χ0v) is 14.2. The average Bonchev–Trinajstić information content (AvgIpc) is 3.11. The summed E-state index contributed by atoms with van der Waals surface area (Å²) in [6, 6.07) is 14.9. The highest BCUT2D eigenvalue weighted by molar-refractivity contribution is 8.00. The van der Waals surface area contributed by atoms with Crippen LogP contribution in [0, 0.1) is 0 Å². The smallest absolute Gasteiger partial charge is 0.255 e. The Balaban J connectivity index is 1.76. The molecule has 7 heteroatoms. The number of thioether (sulfide) groups is 1. The Bertz CT molecular complexity index is 815. The number of hydrogen-bond acceptors (Lipinski definition) is 5. The number of rotatable bonds is 5. The summed E-state index contributed by atoms with van der Waals surface area (Å²) < 4.78 is 1.54. The first kappa shape index (κ1) is 16.2. The molecule has 6 nitrogen and oxygen atoms in total. The summed E-state index contributed by atoms with van der Waals surface area (Å²) in [5.74, 6) is -0.143. The van der Waals surface area contributed by atoms with Gasteiger partial charge in [0.2, 0.25) is 0 Å². The Hall–Kier alpha value is -2.67. The van der Waals surface area contributed by atoms with Crippen molar-refractivity contribution < 1.29 is 4.79 Å². The van der Waals surface area contributed by atoms with Gasteiger partial charge in [-0.25, -0.2) is 4.68 Å². The predicted molar refractivity (Wildman–Crippen MR) is 94.5 cm³/mol. The monoisotopic (exact) mass is 339 g/mol. The summed E-state index contributed by atoms with van der Waals surface area (Å²) in [6.45, 7) is 4.25. The minimum absolute atomic E-state index is 0.143. The fraction of sp³-hybridized carbons (Fsp3) is 0.176. The molecular weight excluding hydrogens is 322 g/mol. The number of anilines is 1. The fourth-order valence-electron chi connectivity index (χ4n) is 2.17.